The number of esters is 1. The molecule has 2 aromatic rings. The van der Waals surface area contributed by atoms with Crippen LogP contribution in [-0.2, 0) is 19.7 Å². The molecule has 0 unspecified atom stereocenters. The van der Waals surface area contributed by atoms with Gasteiger partial charge < -0.3 is 20.1 Å². The molecule has 0 aliphatic carbocycles. The van der Waals surface area contributed by atoms with E-state index in [2.05, 4.69) is 10.6 Å². The summed E-state index contributed by atoms with van der Waals surface area (Å²) in [5, 5.41) is 5.63. The molecule has 0 radical (unpaired) electrons. The first-order valence-corrected chi connectivity index (χ1v) is 10.7. The lowest BCUT2D eigenvalue weighted by Gasteiger charge is -2.30. The van der Waals surface area contributed by atoms with Crippen LogP contribution in [0, 0.1) is 5.92 Å². The number of methoxy groups -OCH3 is 1. The van der Waals surface area contributed by atoms with Crippen LogP contribution in [-0.4, -0.2) is 44.1 Å². The summed E-state index contributed by atoms with van der Waals surface area (Å²) in [7, 11) is 1.48. The normalized spacial score (nSPS) is 13.6. The average molecular weight is 441 g/mol. The highest BCUT2D eigenvalue weighted by molar-refractivity contribution is 5.99. The Morgan fingerprint density at radius 2 is 1.62 bits per heavy atom. The van der Waals surface area contributed by atoms with Crippen LogP contribution in [0.2, 0.25) is 0 Å². The fraction of sp³-hybridized carbons (Fsp3) is 0.400. The molecule has 0 aliphatic heterocycles. The van der Waals surface area contributed by atoms with Crippen molar-refractivity contribution >= 4 is 17.8 Å². The average Bonchev–Trinajstić information content (AvgIpc) is 2.81. The fourth-order valence-electron chi connectivity index (χ4n) is 3.35. The molecule has 2 aromatic carbocycles. The Morgan fingerprint density at radius 1 is 1.00 bits per heavy atom. The van der Waals surface area contributed by atoms with Gasteiger partial charge in [0.2, 0.25) is 5.91 Å². The Hall–Kier alpha value is -3.35. The van der Waals surface area contributed by atoms with Gasteiger partial charge in [-0.15, -0.1) is 0 Å². The second kappa shape index (κ2) is 11.3. The van der Waals surface area contributed by atoms with Gasteiger partial charge in [-0.1, -0.05) is 56.3 Å². The van der Waals surface area contributed by atoms with Crippen LogP contribution in [0.1, 0.15) is 43.6 Å². The van der Waals surface area contributed by atoms with Crippen molar-refractivity contribution in [1.29, 1.82) is 0 Å². The van der Waals surface area contributed by atoms with E-state index in [0.717, 1.165) is 5.56 Å². The number of carbonyl (C=O) groups excluding carboxylic acids is 3. The first-order valence-electron chi connectivity index (χ1n) is 10.7. The molecule has 0 saturated heterocycles. The molecule has 2 rings (SSSR count). The number of ether oxygens (including phenoxy) is 2. The molecule has 0 heterocycles. The van der Waals surface area contributed by atoms with Crippen LogP contribution in [0.15, 0.2) is 54.6 Å². The quantitative estimate of drug-likeness (QED) is 0.554. The zero-order valence-electron chi connectivity index (χ0n) is 19.3. The highest BCUT2D eigenvalue weighted by Gasteiger charge is 2.38. The van der Waals surface area contributed by atoms with Gasteiger partial charge in [0.05, 0.1) is 19.3 Å². The maximum Gasteiger partial charge on any atom is 0.318 e. The van der Waals surface area contributed by atoms with E-state index in [0.29, 0.717) is 11.3 Å². The van der Waals surface area contributed by atoms with Gasteiger partial charge in [-0.3, -0.25) is 14.4 Å². The van der Waals surface area contributed by atoms with Crippen molar-refractivity contribution in [1.82, 2.24) is 10.6 Å². The molecule has 2 atom stereocenters. The lowest BCUT2D eigenvalue weighted by molar-refractivity contribution is -0.149. The summed E-state index contributed by atoms with van der Waals surface area (Å²) in [5.41, 5.74) is 0.00759. The third-order valence-corrected chi connectivity index (χ3v) is 5.34. The third kappa shape index (κ3) is 5.87. The summed E-state index contributed by atoms with van der Waals surface area (Å²) in [6, 6.07) is 15.2. The van der Waals surface area contributed by atoms with Crippen molar-refractivity contribution in [3.63, 3.8) is 0 Å². The number of hydrogen-bond donors (Lipinski definition) is 2. The second-order valence-electron chi connectivity index (χ2n) is 8.03. The van der Waals surface area contributed by atoms with Crippen LogP contribution >= 0.6 is 0 Å². The number of rotatable bonds is 10. The Balaban J connectivity index is 2.19. The van der Waals surface area contributed by atoms with Gasteiger partial charge in [0.25, 0.3) is 5.91 Å². The third-order valence-electron chi connectivity index (χ3n) is 5.34. The minimum Gasteiger partial charge on any atom is -0.496 e. The van der Waals surface area contributed by atoms with Crippen molar-refractivity contribution in [2.45, 2.75) is 39.2 Å². The SMILES string of the molecule is CCOC(=O)[C@@](C)(CNC(=O)[C@@H](NC(=O)c1ccccc1OC)C(C)C)c1ccccc1. The number of carbonyl (C=O) groups is 3. The summed E-state index contributed by atoms with van der Waals surface area (Å²) in [5.74, 6) is -0.973. The minimum atomic E-state index is -1.07. The van der Waals surface area contributed by atoms with Crippen molar-refractivity contribution < 1.29 is 23.9 Å². The Morgan fingerprint density at radius 3 is 2.22 bits per heavy atom. The maximum absolute atomic E-state index is 13.1. The van der Waals surface area contributed by atoms with Gasteiger partial charge in [0.1, 0.15) is 17.2 Å². The van der Waals surface area contributed by atoms with Crippen LogP contribution in [0.4, 0.5) is 0 Å². The number of hydrogen-bond acceptors (Lipinski definition) is 5. The topological polar surface area (TPSA) is 93.7 Å². The molecule has 32 heavy (non-hydrogen) atoms. The van der Waals surface area contributed by atoms with Gasteiger partial charge in [0.15, 0.2) is 0 Å². The van der Waals surface area contributed by atoms with E-state index in [9.17, 15) is 14.4 Å². The summed E-state index contributed by atoms with van der Waals surface area (Å²) >= 11 is 0. The highest BCUT2D eigenvalue weighted by Crippen LogP contribution is 2.25. The highest BCUT2D eigenvalue weighted by atomic mass is 16.5. The van der Waals surface area contributed by atoms with E-state index in [1.165, 1.54) is 7.11 Å². The van der Waals surface area contributed by atoms with Gasteiger partial charge in [-0.05, 0) is 37.5 Å². The molecule has 0 aliphatic rings. The predicted octanol–water partition coefficient (Wildman–Crippen LogP) is 3.09. The first-order chi connectivity index (χ1) is 15.2. The first kappa shape index (κ1) is 24.9. The number of amides is 2. The van der Waals surface area contributed by atoms with Crippen molar-refractivity contribution in [2.75, 3.05) is 20.3 Å². The van der Waals surface area contributed by atoms with E-state index in [-0.39, 0.29) is 25.0 Å². The molecule has 7 heteroatoms. The summed E-state index contributed by atoms with van der Waals surface area (Å²) in [6.07, 6.45) is 0. The molecule has 0 bridgehead atoms. The summed E-state index contributed by atoms with van der Waals surface area (Å²) in [4.78, 5) is 38.6. The summed E-state index contributed by atoms with van der Waals surface area (Å²) in [6.45, 7) is 7.42. The zero-order chi connectivity index (χ0) is 23.7. The van der Waals surface area contributed by atoms with Crippen LogP contribution in [0.5, 0.6) is 5.75 Å². The van der Waals surface area contributed by atoms with Crippen LogP contribution < -0.4 is 15.4 Å². The van der Waals surface area contributed by atoms with E-state index < -0.39 is 23.3 Å². The maximum atomic E-state index is 13.1. The predicted molar refractivity (Wildman–Crippen MR) is 123 cm³/mol. The Labute approximate surface area is 189 Å². The minimum absolute atomic E-state index is 0.0302. The summed E-state index contributed by atoms with van der Waals surface area (Å²) < 4.78 is 10.5. The van der Waals surface area contributed by atoms with Gasteiger partial charge in [-0.2, -0.15) is 0 Å². The zero-order valence-corrected chi connectivity index (χ0v) is 19.3. The standard InChI is InChI=1S/C25H32N2O5/c1-6-32-24(30)25(4,18-12-8-7-9-13-18)16-26-23(29)21(17(2)3)27-22(28)19-14-10-11-15-20(19)31-5/h7-15,17,21H,6,16H2,1-5H3,(H,26,29)(H,27,28)/t21-,25-/m0/s1. The number of nitrogens with one attached hydrogen (secondary N) is 2. The van der Waals surface area contributed by atoms with Gasteiger partial charge in [0, 0.05) is 6.54 Å². The Bertz CT molecular complexity index is 929. The molecule has 0 fully saturated rings. The van der Waals surface area contributed by atoms with Gasteiger partial charge in [-0.25, -0.2) is 0 Å². The molecule has 172 valence electrons. The fourth-order valence-corrected chi connectivity index (χ4v) is 3.35. The number of para-hydroxylation sites is 1. The van der Waals surface area contributed by atoms with E-state index in [4.69, 9.17) is 9.47 Å². The molecular weight excluding hydrogens is 408 g/mol. The van der Waals surface area contributed by atoms with Crippen LogP contribution in [0.3, 0.4) is 0 Å². The van der Waals surface area contributed by atoms with E-state index in [1.54, 1.807) is 38.1 Å². The monoisotopic (exact) mass is 440 g/mol. The molecule has 2 amide bonds. The molecular formula is C25H32N2O5. The molecule has 0 spiro atoms. The van der Waals surface area contributed by atoms with E-state index >= 15 is 0 Å². The molecule has 2 N–H and O–H groups in total. The molecule has 0 aromatic heterocycles. The van der Waals surface area contributed by atoms with Gasteiger partial charge >= 0.3 is 5.97 Å². The lowest BCUT2D eigenvalue weighted by Crippen LogP contribution is -2.53. The Kier molecular flexibility index (Phi) is 8.81. The van der Waals surface area contributed by atoms with Crippen LogP contribution in [0.25, 0.3) is 0 Å². The second-order valence-corrected chi connectivity index (χ2v) is 8.03. The van der Waals surface area contributed by atoms with Crippen molar-refractivity contribution in [3.8, 4) is 5.75 Å². The molecule has 7 nitrogen and oxygen atoms in total. The van der Waals surface area contributed by atoms with E-state index in [1.807, 2.05) is 44.2 Å². The van der Waals surface area contributed by atoms with Crippen molar-refractivity contribution in [3.05, 3.63) is 65.7 Å². The smallest absolute Gasteiger partial charge is 0.318 e. The van der Waals surface area contributed by atoms with Crippen molar-refractivity contribution in [2.24, 2.45) is 5.92 Å². The molecule has 0 saturated carbocycles. The lowest BCUT2D eigenvalue weighted by atomic mass is 9.82. The largest absolute Gasteiger partial charge is 0.496 e. The number of benzene rings is 2.